The third-order valence-electron chi connectivity index (χ3n) is 3.62. The summed E-state index contributed by atoms with van der Waals surface area (Å²) in [5, 5.41) is 11.8. The summed E-state index contributed by atoms with van der Waals surface area (Å²) in [4.78, 5) is 11.5. The number of hydrogen-bond acceptors (Lipinski definition) is 2. The minimum Gasteiger partial charge on any atom is -0.383 e. The number of aliphatic hydroxyl groups is 1. The fourth-order valence-electron chi connectivity index (χ4n) is 2.04. The van der Waals surface area contributed by atoms with Crippen LogP contribution in [0.2, 0.25) is 0 Å². The van der Waals surface area contributed by atoms with E-state index in [0.29, 0.717) is 6.42 Å². The van der Waals surface area contributed by atoms with E-state index in [-0.39, 0.29) is 19.4 Å². The molecule has 1 aliphatic carbocycles. The molecule has 1 aromatic rings. The van der Waals surface area contributed by atoms with E-state index in [1.54, 1.807) is 12.1 Å². The molecular formula is C14H17F2NO2. The van der Waals surface area contributed by atoms with Gasteiger partial charge in [-0.1, -0.05) is 29.8 Å². The van der Waals surface area contributed by atoms with E-state index >= 15 is 0 Å². The SMILES string of the molecule is Cc1ccc(CNC(=O)C(F)(F)C2(O)CCC2)cc1. The summed E-state index contributed by atoms with van der Waals surface area (Å²) in [6.07, 6.45) is 0.466. The molecule has 1 aliphatic rings. The van der Waals surface area contributed by atoms with Gasteiger partial charge < -0.3 is 10.4 Å². The highest BCUT2D eigenvalue weighted by atomic mass is 19.3. The Labute approximate surface area is 110 Å². The fourth-order valence-corrected chi connectivity index (χ4v) is 2.04. The molecule has 0 radical (unpaired) electrons. The molecule has 0 heterocycles. The van der Waals surface area contributed by atoms with Crippen molar-refractivity contribution in [1.29, 1.82) is 0 Å². The lowest BCUT2D eigenvalue weighted by Gasteiger charge is -2.41. The standard InChI is InChI=1S/C14H17F2NO2/c1-10-3-5-11(6-4-10)9-17-12(18)14(15,16)13(19)7-2-8-13/h3-6,19H,2,7-9H2,1H3,(H,17,18). The van der Waals surface area contributed by atoms with Crippen LogP contribution in [-0.4, -0.2) is 22.5 Å². The summed E-state index contributed by atoms with van der Waals surface area (Å²) in [7, 11) is 0. The molecule has 0 saturated heterocycles. The summed E-state index contributed by atoms with van der Waals surface area (Å²) in [5.74, 6) is -5.13. The maximum absolute atomic E-state index is 13.8. The van der Waals surface area contributed by atoms with Gasteiger partial charge in [0.1, 0.15) is 5.60 Å². The van der Waals surface area contributed by atoms with E-state index in [1.165, 1.54) is 0 Å². The second kappa shape index (κ2) is 4.89. The lowest BCUT2D eigenvalue weighted by atomic mass is 9.75. The van der Waals surface area contributed by atoms with Gasteiger partial charge in [-0.2, -0.15) is 8.78 Å². The van der Waals surface area contributed by atoms with Crippen molar-refractivity contribution in [3.05, 3.63) is 35.4 Å². The number of rotatable bonds is 4. The number of carbonyl (C=O) groups is 1. The third-order valence-corrected chi connectivity index (χ3v) is 3.62. The highest BCUT2D eigenvalue weighted by Gasteiger charge is 2.60. The number of carbonyl (C=O) groups excluding carboxylic acids is 1. The summed E-state index contributed by atoms with van der Waals surface area (Å²) >= 11 is 0. The average molecular weight is 269 g/mol. The molecule has 3 nitrogen and oxygen atoms in total. The molecule has 104 valence electrons. The Hall–Kier alpha value is -1.49. The van der Waals surface area contributed by atoms with Gasteiger partial charge in [-0.15, -0.1) is 0 Å². The van der Waals surface area contributed by atoms with Crippen molar-refractivity contribution in [2.75, 3.05) is 0 Å². The maximum atomic E-state index is 13.8. The van der Waals surface area contributed by atoms with E-state index in [9.17, 15) is 18.7 Å². The molecule has 0 spiro atoms. The Kier molecular flexibility index (Phi) is 3.58. The van der Waals surface area contributed by atoms with Crippen LogP contribution in [0.3, 0.4) is 0 Å². The molecule has 1 amide bonds. The van der Waals surface area contributed by atoms with E-state index in [0.717, 1.165) is 11.1 Å². The van der Waals surface area contributed by atoms with Crippen molar-refractivity contribution < 1.29 is 18.7 Å². The molecule has 0 atom stereocenters. The van der Waals surface area contributed by atoms with Crippen LogP contribution >= 0.6 is 0 Å². The van der Waals surface area contributed by atoms with Gasteiger partial charge >= 0.3 is 5.92 Å². The first kappa shape index (κ1) is 13.9. The van der Waals surface area contributed by atoms with Gasteiger partial charge in [-0.3, -0.25) is 4.79 Å². The molecule has 0 unspecified atom stereocenters. The van der Waals surface area contributed by atoms with Crippen LogP contribution in [0.25, 0.3) is 0 Å². The van der Waals surface area contributed by atoms with E-state index in [1.807, 2.05) is 19.1 Å². The highest BCUT2D eigenvalue weighted by molar-refractivity contribution is 5.85. The van der Waals surface area contributed by atoms with Gasteiger partial charge in [0.2, 0.25) is 0 Å². The zero-order valence-corrected chi connectivity index (χ0v) is 10.7. The zero-order chi connectivity index (χ0) is 14.1. The number of nitrogens with one attached hydrogen (secondary N) is 1. The zero-order valence-electron chi connectivity index (χ0n) is 10.7. The summed E-state index contributed by atoms with van der Waals surface area (Å²) in [6.45, 7) is 1.95. The number of halogens is 2. The molecule has 0 bridgehead atoms. The van der Waals surface area contributed by atoms with Crippen LogP contribution in [0.4, 0.5) is 8.78 Å². The Bertz CT molecular complexity index is 467. The Morgan fingerprint density at radius 2 is 1.95 bits per heavy atom. The molecule has 2 rings (SSSR count). The number of amides is 1. The maximum Gasteiger partial charge on any atom is 0.352 e. The predicted octanol–water partition coefficient (Wildman–Crippen LogP) is 2.16. The Balaban J connectivity index is 1.95. The quantitative estimate of drug-likeness (QED) is 0.880. The van der Waals surface area contributed by atoms with Crippen LogP contribution in [0, 0.1) is 6.92 Å². The van der Waals surface area contributed by atoms with Crippen LogP contribution < -0.4 is 5.32 Å². The van der Waals surface area contributed by atoms with Crippen LogP contribution in [0.5, 0.6) is 0 Å². The second-order valence-corrected chi connectivity index (χ2v) is 5.13. The molecule has 1 saturated carbocycles. The number of aryl methyl sites for hydroxylation is 1. The van der Waals surface area contributed by atoms with Crippen LogP contribution in [0.1, 0.15) is 30.4 Å². The molecule has 19 heavy (non-hydrogen) atoms. The van der Waals surface area contributed by atoms with Gasteiger partial charge in [0.25, 0.3) is 5.91 Å². The molecule has 2 N–H and O–H groups in total. The van der Waals surface area contributed by atoms with E-state index in [2.05, 4.69) is 5.32 Å². The third kappa shape index (κ3) is 2.61. The van der Waals surface area contributed by atoms with Crippen molar-refractivity contribution in [2.45, 2.75) is 44.3 Å². The molecule has 1 fully saturated rings. The van der Waals surface area contributed by atoms with Gasteiger partial charge in [0.05, 0.1) is 0 Å². The molecular weight excluding hydrogens is 252 g/mol. The van der Waals surface area contributed by atoms with Crippen molar-refractivity contribution in [3.8, 4) is 0 Å². The van der Waals surface area contributed by atoms with Gasteiger partial charge in [-0.25, -0.2) is 0 Å². The monoisotopic (exact) mass is 269 g/mol. The first-order valence-corrected chi connectivity index (χ1v) is 6.29. The van der Waals surface area contributed by atoms with Crippen LogP contribution in [0.15, 0.2) is 24.3 Å². The van der Waals surface area contributed by atoms with Crippen molar-refractivity contribution >= 4 is 5.91 Å². The van der Waals surface area contributed by atoms with Gasteiger partial charge in [0, 0.05) is 6.54 Å². The van der Waals surface area contributed by atoms with E-state index in [4.69, 9.17) is 0 Å². The first-order chi connectivity index (χ1) is 8.85. The van der Waals surface area contributed by atoms with Crippen molar-refractivity contribution in [2.24, 2.45) is 0 Å². The van der Waals surface area contributed by atoms with Crippen molar-refractivity contribution in [1.82, 2.24) is 5.32 Å². The lowest BCUT2D eigenvalue weighted by molar-refractivity contribution is -0.216. The summed E-state index contributed by atoms with van der Waals surface area (Å²) in [6, 6.07) is 7.23. The first-order valence-electron chi connectivity index (χ1n) is 6.29. The smallest absolute Gasteiger partial charge is 0.352 e. The van der Waals surface area contributed by atoms with Gasteiger partial charge in [-0.05, 0) is 31.7 Å². The minimum absolute atomic E-state index is 0.0298. The van der Waals surface area contributed by atoms with E-state index < -0.39 is 17.4 Å². The minimum atomic E-state index is -3.73. The Morgan fingerprint density at radius 1 is 1.37 bits per heavy atom. The fraction of sp³-hybridized carbons (Fsp3) is 0.500. The average Bonchev–Trinajstić information content (AvgIpc) is 2.34. The summed E-state index contributed by atoms with van der Waals surface area (Å²) in [5.41, 5.74) is -0.357. The molecule has 0 aliphatic heterocycles. The largest absolute Gasteiger partial charge is 0.383 e. The van der Waals surface area contributed by atoms with Crippen molar-refractivity contribution in [3.63, 3.8) is 0 Å². The molecule has 5 heteroatoms. The van der Waals surface area contributed by atoms with Gasteiger partial charge in [0.15, 0.2) is 0 Å². The topological polar surface area (TPSA) is 49.3 Å². The van der Waals surface area contributed by atoms with Crippen LogP contribution in [-0.2, 0) is 11.3 Å². The number of hydrogen-bond donors (Lipinski definition) is 2. The predicted molar refractivity (Wildman–Crippen MR) is 66.8 cm³/mol. The normalized spacial score (nSPS) is 17.7. The summed E-state index contributed by atoms with van der Waals surface area (Å²) < 4.78 is 27.5. The highest BCUT2D eigenvalue weighted by Crippen LogP contribution is 2.44. The second-order valence-electron chi connectivity index (χ2n) is 5.13. The number of benzene rings is 1. The number of alkyl halides is 2. The molecule has 0 aromatic heterocycles. The molecule has 1 aromatic carbocycles. The Morgan fingerprint density at radius 3 is 2.42 bits per heavy atom. The lowest BCUT2D eigenvalue weighted by Crippen LogP contribution is -2.60.